The number of halogens is 1. The van der Waals surface area contributed by atoms with Crippen LogP contribution in [-0.2, 0) is 6.42 Å². The standard InChI is InChI=1S/C13H19FN2/c1-15-13(6-7-16(2)10-13)9-11-4-3-5-12(14)8-11/h3-5,8,15H,6-7,9-10H2,1-2H3. The van der Waals surface area contributed by atoms with Gasteiger partial charge in [-0.25, -0.2) is 4.39 Å². The number of hydrogen-bond acceptors (Lipinski definition) is 2. The van der Waals surface area contributed by atoms with E-state index < -0.39 is 0 Å². The van der Waals surface area contributed by atoms with E-state index in [2.05, 4.69) is 17.3 Å². The van der Waals surface area contributed by atoms with Crippen molar-refractivity contribution in [1.82, 2.24) is 10.2 Å². The number of likely N-dealkylation sites (N-methyl/N-ethyl adjacent to an activating group) is 2. The largest absolute Gasteiger partial charge is 0.313 e. The Labute approximate surface area is 96.5 Å². The van der Waals surface area contributed by atoms with E-state index in [0.717, 1.165) is 31.5 Å². The molecule has 0 aromatic heterocycles. The maximum atomic E-state index is 13.1. The average Bonchev–Trinajstić information content (AvgIpc) is 2.61. The van der Waals surface area contributed by atoms with Crippen molar-refractivity contribution in [2.45, 2.75) is 18.4 Å². The van der Waals surface area contributed by atoms with Gasteiger partial charge < -0.3 is 10.2 Å². The predicted octanol–water partition coefficient (Wildman–Crippen LogP) is 1.66. The van der Waals surface area contributed by atoms with Gasteiger partial charge >= 0.3 is 0 Å². The molecule has 1 aromatic rings. The summed E-state index contributed by atoms with van der Waals surface area (Å²) in [5, 5.41) is 3.41. The predicted molar refractivity (Wildman–Crippen MR) is 64.0 cm³/mol. The van der Waals surface area contributed by atoms with Gasteiger partial charge in [0.15, 0.2) is 0 Å². The fourth-order valence-corrected chi connectivity index (χ4v) is 2.55. The smallest absolute Gasteiger partial charge is 0.123 e. The lowest BCUT2D eigenvalue weighted by Crippen LogP contribution is -2.47. The summed E-state index contributed by atoms with van der Waals surface area (Å²) in [5.74, 6) is -0.143. The lowest BCUT2D eigenvalue weighted by molar-refractivity contribution is 0.326. The van der Waals surface area contributed by atoms with Gasteiger partial charge in [0, 0.05) is 12.1 Å². The van der Waals surface area contributed by atoms with E-state index in [0.29, 0.717) is 0 Å². The molecule has 0 aliphatic carbocycles. The number of nitrogens with one attached hydrogen (secondary N) is 1. The molecule has 1 aromatic carbocycles. The minimum Gasteiger partial charge on any atom is -0.313 e. The monoisotopic (exact) mass is 222 g/mol. The van der Waals surface area contributed by atoms with E-state index in [1.165, 1.54) is 6.07 Å². The molecule has 2 rings (SSSR count). The molecule has 16 heavy (non-hydrogen) atoms. The molecule has 1 fully saturated rings. The second-order valence-electron chi connectivity index (χ2n) is 4.82. The number of rotatable bonds is 3. The van der Waals surface area contributed by atoms with E-state index in [9.17, 15) is 4.39 Å². The van der Waals surface area contributed by atoms with Crippen molar-refractivity contribution in [3.05, 3.63) is 35.6 Å². The second kappa shape index (κ2) is 4.52. The fraction of sp³-hybridized carbons (Fsp3) is 0.538. The van der Waals surface area contributed by atoms with Crippen molar-refractivity contribution in [2.24, 2.45) is 0 Å². The molecule has 0 bridgehead atoms. The van der Waals surface area contributed by atoms with Crippen LogP contribution in [0.25, 0.3) is 0 Å². The lowest BCUT2D eigenvalue weighted by atomic mass is 9.90. The molecule has 0 saturated carbocycles. The van der Waals surface area contributed by atoms with Gasteiger partial charge in [0.2, 0.25) is 0 Å². The molecule has 88 valence electrons. The maximum absolute atomic E-state index is 13.1. The van der Waals surface area contributed by atoms with Crippen LogP contribution in [0.15, 0.2) is 24.3 Å². The van der Waals surface area contributed by atoms with Crippen LogP contribution in [0.4, 0.5) is 4.39 Å². The van der Waals surface area contributed by atoms with Crippen molar-refractivity contribution in [2.75, 3.05) is 27.2 Å². The molecule has 1 atom stereocenters. The highest BCUT2D eigenvalue weighted by Crippen LogP contribution is 2.24. The third-order valence-corrected chi connectivity index (χ3v) is 3.51. The Hall–Kier alpha value is -0.930. The van der Waals surface area contributed by atoms with Crippen LogP contribution in [0.2, 0.25) is 0 Å². The summed E-state index contributed by atoms with van der Waals surface area (Å²) in [7, 11) is 4.13. The quantitative estimate of drug-likeness (QED) is 0.836. The van der Waals surface area contributed by atoms with Crippen LogP contribution in [0, 0.1) is 5.82 Å². The van der Waals surface area contributed by atoms with Gasteiger partial charge in [-0.15, -0.1) is 0 Å². The first-order valence-corrected chi connectivity index (χ1v) is 5.75. The van der Waals surface area contributed by atoms with Gasteiger partial charge in [-0.1, -0.05) is 12.1 Å². The van der Waals surface area contributed by atoms with Crippen molar-refractivity contribution in [3.8, 4) is 0 Å². The molecule has 1 saturated heterocycles. The molecule has 1 N–H and O–H groups in total. The van der Waals surface area contributed by atoms with E-state index in [1.54, 1.807) is 12.1 Å². The Bertz CT molecular complexity index is 367. The number of benzene rings is 1. The topological polar surface area (TPSA) is 15.3 Å². The zero-order valence-electron chi connectivity index (χ0n) is 9.96. The van der Waals surface area contributed by atoms with E-state index in [4.69, 9.17) is 0 Å². The van der Waals surface area contributed by atoms with Gasteiger partial charge in [0.1, 0.15) is 5.82 Å². The summed E-state index contributed by atoms with van der Waals surface area (Å²) in [6, 6.07) is 6.92. The highest BCUT2D eigenvalue weighted by molar-refractivity contribution is 5.20. The van der Waals surface area contributed by atoms with Gasteiger partial charge in [-0.2, -0.15) is 0 Å². The number of hydrogen-bond donors (Lipinski definition) is 1. The minimum atomic E-state index is -0.143. The third kappa shape index (κ3) is 2.42. The highest BCUT2D eigenvalue weighted by atomic mass is 19.1. The SMILES string of the molecule is CNC1(Cc2cccc(F)c2)CCN(C)C1. The molecule has 0 spiro atoms. The Kier molecular flexibility index (Phi) is 3.26. The maximum Gasteiger partial charge on any atom is 0.123 e. The van der Waals surface area contributed by atoms with Crippen LogP contribution in [0.5, 0.6) is 0 Å². The normalized spacial score (nSPS) is 26.2. The van der Waals surface area contributed by atoms with Gasteiger partial charge in [0.05, 0.1) is 0 Å². The summed E-state index contributed by atoms with van der Waals surface area (Å²) in [4.78, 5) is 2.32. The molecular weight excluding hydrogens is 203 g/mol. The van der Waals surface area contributed by atoms with Gasteiger partial charge in [0.25, 0.3) is 0 Å². The summed E-state index contributed by atoms with van der Waals surface area (Å²) in [6.45, 7) is 2.14. The summed E-state index contributed by atoms with van der Waals surface area (Å²) >= 11 is 0. The molecular formula is C13H19FN2. The third-order valence-electron chi connectivity index (χ3n) is 3.51. The zero-order chi connectivity index (χ0) is 11.6. The molecule has 1 unspecified atom stereocenters. The van der Waals surface area contributed by atoms with Gasteiger partial charge in [-0.05, 0) is 51.2 Å². The summed E-state index contributed by atoms with van der Waals surface area (Å²) < 4.78 is 13.1. The minimum absolute atomic E-state index is 0.114. The first-order chi connectivity index (χ1) is 7.63. The van der Waals surface area contributed by atoms with Crippen LogP contribution < -0.4 is 5.32 Å². The van der Waals surface area contributed by atoms with Crippen LogP contribution in [0.1, 0.15) is 12.0 Å². The molecule has 0 radical (unpaired) electrons. The van der Waals surface area contributed by atoms with E-state index >= 15 is 0 Å². The highest BCUT2D eigenvalue weighted by Gasteiger charge is 2.35. The molecule has 1 aliphatic heterocycles. The number of likely N-dealkylation sites (tertiary alicyclic amines) is 1. The Morgan fingerprint density at radius 3 is 2.88 bits per heavy atom. The van der Waals surface area contributed by atoms with Gasteiger partial charge in [-0.3, -0.25) is 0 Å². The molecule has 0 amide bonds. The number of nitrogens with zero attached hydrogens (tertiary/aromatic N) is 1. The summed E-state index contributed by atoms with van der Waals surface area (Å²) in [6.07, 6.45) is 2.02. The van der Waals surface area contributed by atoms with Crippen LogP contribution >= 0.6 is 0 Å². The summed E-state index contributed by atoms with van der Waals surface area (Å²) in [5.41, 5.74) is 1.19. The molecule has 2 nitrogen and oxygen atoms in total. The second-order valence-corrected chi connectivity index (χ2v) is 4.82. The van der Waals surface area contributed by atoms with Crippen molar-refractivity contribution in [1.29, 1.82) is 0 Å². The fourth-order valence-electron chi connectivity index (χ4n) is 2.55. The molecule has 1 heterocycles. The first-order valence-electron chi connectivity index (χ1n) is 5.75. The molecule has 1 aliphatic rings. The first kappa shape index (κ1) is 11.6. The lowest BCUT2D eigenvalue weighted by Gasteiger charge is -2.28. The Balaban J connectivity index is 2.13. The van der Waals surface area contributed by atoms with E-state index in [1.807, 2.05) is 13.1 Å². The van der Waals surface area contributed by atoms with Crippen molar-refractivity contribution >= 4 is 0 Å². The van der Waals surface area contributed by atoms with Crippen molar-refractivity contribution in [3.63, 3.8) is 0 Å². The van der Waals surface area contributed by atoms with Crippen molar-refractivity contribution < 1.29 is 4.39 Å². The average molecular weight is 222 g/mol. The van der Waals surface area contributed by atoms with E-state index in [-0.39, 0.29) is 11.4 Å². The Morgan fingerprint density at radius 1 is 1.50 bits per heavy atom. The van der Waals surface area contributed by atoms with Crippen LogP contribution in [-0.4, -0.2) is 37.6 Å². The molecule has 3 heteroatoms. The van der Waals surface area contributed by atoms with Crippen LogP contribution in [0.3, 0.4) is 0 Å². The Morgan fingerprint density at radius 2 is 2.31 bits per heavy atom. The zero-order valence-corrected chi connectivity index (χ0v) is 9.96.